The van der Waals surface area contributed by atoms with Crippen molar-refractivity contribution in [1.82, 2.24) is 10.3 Å². The highest BCUT2D eigenvalue weighted by molar-refractivity contribution is 9.10. The van der Waals surface area contributed by atoms with Gasteiger partial charge in [0.05, 0.1) is 18.2 Å². The molecule has 1 heterocycles. The number of aromatic nitrogens is 1. The molecule has 0 spiro atoms. The normalized spacial score (nSPS) is 12.3. The van der Waals surface area contributed by atoms with Gasteiger partial charge >= 0.3 is 0 Å². The van der Waals surface area contributed by atoms with Crippen LogP contribution in [0.15, 0.2) is 34.9 Å². The molecule has 0 aliphatic heterocycles. The molecule has 1 aromatic heterocycles. The minimum Gasteiger partial charge on any atom is -0.383 e. The maximum atomic E-state index is 9.31. The minimum atomic E-state index is -0.388. The minimum absolute atomic E-state index is 0.388. The van der Waals surface area contributed by atoms with E-state index in [1.54, 1.807) is 13.3 Å². The van der Waals surface area contributed by atoms with Crippen molar-refractivity contribution in [2.75, 3.05) is 20.3 Å². The van der Waals surface area contributed by atoms with Crippen LogP contribution in [0.4, 0.5) is 0 Å². The van der Waals surface area contributed by atoms with Gasteiger partial charge in [0.15, 0.2) is 0 Å². The summed E-state index contributed by atoms with van der Waals surface area (Å²) in [6.45, 7) is 1.19. The molecule has 98 valence electrons. The van der Waals surface area contributed by atoms with Crippen LogP contribution in [0.25, 0.3) is 10.9 Å². The molecule has 0 radical (unpaired) electrons. The first-order valence-corrected chi connectivity index (χ1v) is 6.72. The van der Waals surface area contributed by atoms with E-state index in [9.17, 15) is 5.26 Å². The fraction of sp³-hybridized carbons (Fsp3) is 0.286. The molecular formula is C14H14BrN3O. The first-order valence-electron chi connectivity index (χ1n) is 5.93. The summed E-state index contributed by atoms with van der Waals surface area (Å²) in [5.41, 5.74) is 1.73. The van der Waals surface area contributed by atoms with Gasteiger partial charge in [-0.15, -0.1) is 0 Å². The van der Waals surface area contributed by atoms with Gasteiger partial charge in [0.2, 0.25) is 0 Å². The SMILES string of the molecule is COCCNC(C#N)c1ccc(Br)c2cccnc12. The van der Waals surface area contributed by atoms with Crippen LogP contribution in [0.2, 0.25) is 0 Å². The first kappa shape index (κ1) is 13.9. The quantitative estimate of drug-likeness (QED) is 0.861. The van der Waals surface area contributed by atoms with E-state index in [0.717, 1.165) is 20.9 Å². The lowest BCUT2D eigenvalue weighted by molar-refractivity contribution is 0.198. The molecule has 0 aliphatic carbocycles. The fourth-order valence-corrected chi connectivity index (χ4v) is 2.38. The number of hydrogen-bond acceptors (Lipinski definition) is 4. The monoisotopic (exact) mass is 319 g/mol. The second-order valence-electron chi connectivity index (χ2n) is 4.05. The van der Waals surface area contributed by atoms with Gasteiger partial charge in [-0.25, -0.2) is 0 Å². The van der Waals surface area contributed by atoms with Crippen LogP contribution < -0.4 is 5.32 Å². The fourth-order valence-electron chi connectivity index (χ4n) is 1.92. The van der Waals surface area contributed by atoms with Crippen molar-refractivity contribution in [2.45, 2.75) is 6.04 Å². The zero-order valence-corrected chi connectivity index (χ0v) is 12.1. The van der Waals surface area contributed by atoms with Gasteiger partial charge in [0.1, 0.15) is 6.04 Å². The highest BCUT2D eigenvalue weighted by Crippen LogP contribution is 2.28. The Balaban J connectivity index is 2.38. The van der Waals surface area contributed by atoms with Crippen LogP contribution in [0, 0.1) is 11.3 Å². The van der Waals surface area contributed by atoms with Crippen LogP contribution in [0.1, 0.15) is 11.6 Å². The number of hydrogen-bond donors (Lipinski definition) is 1. The van der Waals surface area contributed by atoms with Crippen molar-refractivity contribution in [1.29, 1.82) is 5.26 Å². The molecule has 5 heteroatoms. The lowest BCUT2D eigenvalue weighted by atomic mass is 10.0. The smallest absolute Gasteiger partial charge is 0.123 e. The van der Waals surface area contributed by atoms with E-state index in [0.29, 0.717) is 13.2 Å². The Hall–Kier alpha value is -1.48. The summed E-state index contributed by atoms with van der Waals surface area (Å²) in [6.07, 6.45) is 1.74. The Morgan fingerprint density at radius 1 is 1.47 bits per heavy atom. The van der Waals surface area contributed by atoms with Gasteiger partial charge < -0.3 is 4.74 Å². The molecule has 19 heavy (non-hydrogen) atoms. The second-order valence-corrected chi connectivity index (χ2v) is 4.90. The number of nitrogens with zero attached hydrogens (tertiary/aromatic N) is 2. The molecule has 4 nitrogen and oxygen atoms in total. The molecule has 1 unspecified atom stereocenters. The molecule has 2 rings (SSSR count). The van der Waals surface area contributed by atoms with Crippen molar-refractivity contribution < 1.29 is 4.74 Å². The Morgan fingerprint density at radius 3 is 3.05 bits per heavy atom. The summed E-state index contributed by atoms with van der Waals surface area (Å²) in [7, 11) is 1.64. The second kappa shape index (κ2) is 6.62. The van der Waals surface area contributed by atoms with Crippen LogP contribution >= 0.6 is 15.9 Å². The van der Waals surface area contributed by atoms with Crippen molar-refractivity contribution in [3.05, 3.63) is 40.5 Å². The molecule has 2 aromatic rings. The Labute approximate surface area is 120 Å². The average Bonchev–Trinajstić information content (AvgIpc) is 2.45. The third-order valence-corrected chi connectivity index (χ3v) is 3.53. The summed E-state index contributed by atoms with van der Waals surface area (Å²) in [5.74, 6) is 0. The summed E-state index contributed by atoms with van der Waals surface area (Å²) >= 11 is 3.50. The molecule has 0 saturated heterocycles. The highest BCUT2D eigenvalue weighted by Gasteiger charge is 2.14. The van der Waals surface area contributed by atoms with Gasteiger partial charge in [-0.1, -0.05) is 28.1 Å². The highest BCUT2D eigenvalue weighted by atomic mass is 79.9. The van der Waals surface area contributed by atoms with Crippen LogP contribution in [-0.2, 0) is 4.74 Å². The largest absolute Gasteiger partial charge is 0.383 e. The number of nitriles is 1. The first-order chi connectivity index (χ1) is 9.27. The lowest BCUT2D eigenvalue weighted by Crippen LogP contribution is -2.24. The van der Waals surface area contributed by atoms with Crippen molar-refractivity contribution in [3.8, 4) is 6.07 Å². The average molecular weight is 320 g/mol. The Morgan fingerprint density at radius 2 is 2.32 bits per heavy atom. The Bertz CT molecular complexity index is 609. The van der Waals surface area contributed by atoms with Gasteiger partial charge in [0, 0.05) is 35.3 Å². The van der Waals surface area contributed by atoms with Gasteiger partial charge in [-0.2, -0.15) is 5.26 Å². The summed E-state index contributed by atoms with van der Waals surface area (Å²) < 4.78 is 5.96. The number of pyridine rings is 1. The number of rotatable bonds is 5. The third kappa shape index (κ3) is 3.10. The third-order valence-electron chi connectivity index (χ3n) is 2.84. The van der Waals surface area contributed by atoms with E-state index in [-0.39, 0.29) is 6.04 Å². The van der Waals surface area contributed by atoms with Gasteiger partial charge in [0.25, 0.3) is 0 Å². The number of benzene rings is 1. The molecule has 1 aromatic carbocycles. The molecule has 0 aliphatic rings. The van der Waals surface area contributed by atoms with E-state index in [1.807, 2.05) is 24.3 Å². The summed E-state index contributed by atoms with van der Waals surface area (Å²) in [6, 6.07) is 9.62. The number of halogens is 1. The molecule has 0 bridgehead atoms. The standard InChI is InChI=1S/C14H14BrN3O/c1-19-8-7-17-13(9-16)11-4-5-12(15)10-3-2-6-18-14(10)11/h2-6,13,17H,7-8H2,1H3. The molecule has 0 amide bonds. The maximum Gasteiger partial charge on any atom is 0.123 e. The van der Waals surface area contributed by atoms with E-state index in [4.69, 9.17) is 4.74 Å². The zero-order valence-electron chi connectivity index (χ0n) is 10.6. The van der Waals surface area contributed by atoms with Gasteiger partial charge in [-0.05, 0) is 12.1 Å². The van der Waals surface area contributed by atoms with Crippen LogP contribution in [0.3, 0.4) is 0 Å². The molecule has 0 saturated carbocycles. The predicted octanol–water partition coefficient (Wildman–Crippen LogP) is 2.80. The van der Waals surface area contributed by atoms with E-state index in [1.165, 1.54) is 0 Å². The van der Waals surface area contributed by atoms with Crippen molar-refractivity contribution >= 4 is 26.8 Å². The molecular weight excluding hydrogens is 306 g/mol. The van der Waals surface area contributed by atoms with E-state index < -0.39 is 0 Å². The number of fused-ring (bicyclic) bond motifs is 1. The number of methoxy groups -OCH3 is 1. The molecule has 0 fully saturated rings. The number of nitrogens with one attached hydrogen (secondary N) is 1. The maximum absolute atomic E-state index is 9.31. The number of ether oxygens (including phenoxy) is 1. The molecule has 1 atom stereocenters. The van der Waals surface area contributed by atoms with Gasteiger partial charge in [-0.3, -0.25) is 10.3 Å². The van der Waals surface area contributed by atoms with Crippen molar-refractivity contribution in [2.24, 2.45) is 0 Å². The summed E-state index contributed by atoms with van der Waals surface area (Å²) in [4.78, 5) is 4.39. The van der Waals surface area contributed by atoms with Crippen LogP contribution in [0.5, 0.6) is 0 Å². The predicted molar refractivity (Wildman–Crippen MR) is 77.7 cm³/mol. The zero-order chi connectivity index (χ0) is 13.7. The van der Waals surface area contributed by atoms with E-state index >= 15 is 0 Å². The van der Waals surface area contributed by atoms with E-state index in [2.05, 4.69) is 32.3 Å². The van der Waals surface area contributed by atoms with Crippen LogP contribution in [-0.4, -0.2) is 25.2 Å². The Kier molecular flexibility index (Phi) is 4.86. The molecule has 1 N–H and O–H groups in total. The summed E-state index contributed by atoms with van der Waals surface area (Å²) in [5, 5.41) is 13.5. The topological polar surface area (TPSA) is 57.9 Å². The lowest BCUT2D eigenvalue weighted by Gasteiger charge is -2.14. The van der Waals surface area contributed by atoms with Crippen molar-refractivity contribution in [3.63, 3.8) is 0 Å².